The number of benzene rings is 3. The molecule has 0 saturated carbocycles. The van der Waals surface area contributed by atoms with E-state index >= 15 is 0 Å². The lowest BCUT2D eigenvalue weighted by molar-refractivity contribution is -0.112. The third-order valence-electron chi connectivity index (χ3n) is 4.27. The van der Waals surface area contributed by atoms with Crippen LogP contribution in [0.4, 0.5) is 5.69 Å². The summed E-state index contributed by atoms with van der Waals surface area (Å²) in [5.74, 6) is -0.632. The second-order valence-electron chi connectivity index (χ2n) is 6.64. The Morgan fingerprint density at radius 1 is 1.12 bits per heavy atom. The molecule has 0 aliphatic carbocycles. The number of hydrogen-bond acceptors (Lipinski definition) is 5. The van der Waals surface area contributed by atoms with Crippen molar-refractivity contribution in [3.63, 3.8) is 0 Å². The Morgan fingerprint density at radius 3 is 2.47 bits per heavy atom. The molecular weight excluding hydrogens is 607 g/mol. The molecule has 0 heterocycles. The maximum atomic E-state index is 12.7. The fraction of sp³-hybridized carbons (Fsp3) is 0.0435. The van der Waals surface area contributed by atoms with Crippen molar-refractivity contribution in [3.8, 4) is 11.8 Å². The second kappa shape index (κ2) is 10.3. The van der Waals surface area contributed by atoms with Gasteiger partial charge in [-0.25, -0.2) is 0 Å². The van der Waals surface area contributed by atoms with Crippen molar-refractivity contribution >= 4 is 66.3 Å². The van der Waals surface area contributed by atoms with Gasteiger partial charge in [0.15, 0.2) is 0 Å². The lowest BCUT2D eigenvalue weighted by Gasteiger charge is -2.11. The van der Waals surface area contributed by atoms with Gasteiger partial charge in [0.05, 0.1) is 5.69 Å². The topological polar surface area (TPSA) is 96.3 Å². The molecule has 0 aliphatic heterocycles. The van der Waals surface area contributed by atoms with Crippen LogP contribution in [0.2, 0.25) is 0 Å². The highest BCUT2D eigenvalue weighted by molar-refractivity contribution is 14.1. The zero-order valence-electron chi connectivity index (χ0n) is 16.7. The molecule has 0 fully saturated rings. The number of para-hydroxylation sites is 1. The average Bonchev–Trinajstić information content (AvgIpc) is 2.75. The summed E-state index contributed by atoms with van der Waals surface area (Å²) in [6, 6.07) is 19.9. The number of nitrogens with one attached hydrogen (secondary N) is 1. The van der Waals surface area contributed by atoms with Gasteiger partial charge in [0, 0.05) is 13.6 Å². The highest BCUT2D eigenvalue weighted by atomic mass is 127. The van der Waals surface area contributed by atoms with E-state index in [1.54, 1.807) is 36.4 Å². The highest BCUT2D eigenvalue weighted by Crippen LogP contribution is 2.29. The normalized spacial score (nSPS) is 11.5. The maximum Gasteiger partial charge on any atom is 0.339 e. The van der Waals surface area contributed by atoms with Crippen molar-refractivity contribution in [2.45, 2.75) is 11.8 Å². The summed E-state index contributed by atoms with van der Waals surface area (Å²) in [5, 5.41) is 12.2. The van der Waals surface area contributed by atoms with E-state index in [9.17, 15) is 18.5 Å². The molecule has 3 rings (SSSR count). The van der Waals surface area contributed by atoms with Crippen molar-refractivity contribution in [1.82, 2.24) is 0 Å². The Kier molecular flexibility index (Phi) is 7.71. The van der Waals surface area contributed by atoms with E-state index in [-0.39, 0.29) is 21.8 Å². The van der Waals surface area contributed by atoms with Crippen LogP contribution in [-0.2, 0) is 14.9 Å². The van der Waals surface area contributed by atoms with Crippen LogP contribution in [0.1, 0.15) is 11.1 Å². The van der Waals surface area contributed by atoms with Gasteiger partial charge < -0.3 is 9.50 Å². The maximum absolute atomic E-state index is 12.7. The third kappa shape index (κ3) is 5.97. The number of aryl methyl sites for hydroxylation is 1. The Bertz CT molecular complexity index is 1350. The highest BCUT2D eigenvalue weighted by Gasteiger charge is 2.19. The number of carbonyl (C=O) groups excluding carboxylic acids is 1. The van der Waals surface area contributed by atoms with Crippen LogP contribution in [-0.4, -0.2) is 14.3 Å². The van der Waals surface area contributed by atoms with E-state index in [0.29, 0.717) is 10.2 Å². The minimum absolute atomic E-state index is 0.00199. The van der Waals surface area contributed by atoms with E-state index in [1.807, 2.05) is 25.1 Å². The van der Waals surface area contributed by atoms with Crippen LogP contribution in [0.5, 0.6) is 5.75 Å². The lowest BCUT2D eigenvalue weighted by atomic mass is 10.1. The van der Waals surface area contributed by atoms with Gasteiger partial charge in [-0.05, 0) is 78.1 Å². The van der Waals surface area contributed by atoms with Gasteiger partial charge in [-0.15, -0.1) is 0 Å². The molecule has 162 valence electrons. The first kappa shape index (κ1) is 24.0. The molecule has 0 spiro atoms. The van der Waals surface area contributed by atoms with Gasteiger partial charge >= 0.3 is 10.1 Å². The molecule has 32 heavy (non-hydrogen) atoms. The van der Waals surface area contributed by atoms with Crippen LogP contribution in [0, 0.1) is 21.8 Å². The van der Waals surface area contributed by atoms with E-state index in [2.05, 4.69) is 43.8 Å². The molecule has 0 saturated heterocycles. The van der Waals surface area contributed by atoms with Gasteiger partial charge in [-0.2, -0.15) is 13.7 Å². The molecular formula is C23H16BrIN2O4S. The number of anilines is 1. The van der Waals surface area contributed by atoms with Crippen molar-refractivity contribution < 1.29 is 17.4 Å². The fourth-order valence-electron chi connectivity index (χ4n) is 2.64. The molecule has 0 atom stereocenters. The van der Waals surface area contributed by atoms with Gasteiger partial charge in [0.2, 0.25) is 0 Å². The summed E-state index contributed by atoms with van der Waals surface area (Å²) < 4.78 is 32.2. The predicted octanol–water partition coefficient (Wildman–Crippen LogP) is 5.68. The van der Waals surface area contributed by atoms with Gasteiger partial charge in [0.25, 0.3) is 5.91 Å². The first-order valence-corrected chi connectivity index (χ1v) is 12.5. The molecule has 0 bridgehead atoms. The summed E-state index contributed by atoms with van der Waals surface area (Å²) >= 11 is 5.40. The molecule has 0 aromatic heterocycles. The zero-order valence-corrected chi connectivity index (χ0v) is 21.2. The summed E-state index contributed by atoms with van der Waals surface area (Å²) in [6.45, 7) is 1.85. The van der Waals surface area contributed by atoms with E-state index in [1.165, 1.54) is 24.3 Å². The zero-order chi connectivity index (χ0) is 23.3. The molecule has 0 unspecified atom stereocenters. The van der Waals surface area contributed by atoms with Gasteiger partial charge in [-0.1, -0.05) is 45.8 Å². The van der Waals surface area contributed by atoms with E-state index < -0.39 is 16.0 Å². The van der Waals surface area contributed by atoms with Crippen LogP contribution >= 0.6 is 38.5 Å². The molecule has 0 radical (unpaired) electrons. The third-order valence-corrected chi connectivity index (χ3v) is 6.95. The predicted molar refractivity (Wildman–Crippen MR) is 135 cm³/mol. The molecule has 1 N–H and O–H groups in total. The van der Waals surface area contributed by atoms with Crippen molar-refractivity contribution in [2.75, 3.05) is 5.32 Å². The smallest absolute Gasteiger partial charge is 0.339 e. The van der Waals surface area contributed by atoms with Crippen molar-refractivity contribution in [1.29, 1.82) is 5.26 Å². The Labute approximate surface area is 208 Å². The summed E-state index contributed by atoms with van der Waals surface area (Å²) in [5.41, 5.74) is 1.52. The molecule has 1 amide bonds. The number of rotatable bonds is 6. The lowest BCUT2D eigenvalue weighted by Crippen LogP contribution is -2.14. The number of nitriles is 1. The quantitative estimate of drug-likeness (QED) is 0.165. The number of hydrogen-bond donors (Lipinski definition) is 1. The monoisotopic (exact) mass is 622 g/mol. The molecule has 9 heteroatoms. The van der Waals surface area contributed by atoms with Crippen LogP contribution in [0.15, 0.2) is 81.7 Å². The van der Waals surface area contributed by atoms with Crippen molar-refractivity contribution in [2.24, 2.45) is 0 Å². The molecule has 0 aliphatic rings. The van der Waals surface area contributed by atoms with E-state index in [0.717, 1.165) is 9.13 Å². The summed E-state index contributed by atoms with van der Waals surface area (Å²) in [4.78, 5) is 12.7. The number of halogens is 2. The SMILES string of the molecule is Cc1ccc(S(=O)(=O)Oc2ccc(Br)cc2/C=C(/C#N)C(=O)Nc2ccccc2I)cc1. The van der Waals surface area contributed by atoms with Crippen LogP contribution < -0.4 is 9.50 Å². The Balaban J connectivity index is 1.95. The largest absolute Gasteiger partial charge is 0.378 e. The first-order chi connectivity index (χ1) is 15.2. The Hall–Kier alpha value is -2.68. The standard InChI is InChI=1S/C23H16BrIN2O4S/c1-15-6-9-19(10-7-15)32(29,30)31-22-11-8-18(24)13-16(22)12-17(14-26)23(28)27-21-5-3-2-4-20(21)25/h2-13H,1H3,(H,27,28)/b17-12-. The summed E-state index contributed by atoms with van der Waals surface area (Å²) in [7, 11) is -4.11. The fourth-order valence-corrected chi connectivity index (χ4v) is 4.49. The van der Waals surface area contributed by atoms with Gasteiger partial charge in [0.1, 0.15) is 22.3 Å². The minimum Gasteiger partial charge on any atom is -0.378 e. The van der Waals surface area contributed by atoms with Crippen LogP contribution in [0.25, 0.3) is 6.08 Å². The minimum atomic E-state index is -4.11. The average molecular weight is 623 g/mol. The molecule has 3 aromatic rings. The van der Waals surface area contributed by atoms with Crippen molar-refractivity contribution in [3.05, 3.63) is 91.5 Å². The van der Waals surface area contributed by atoms with E-state index in [4.69, 9.17) is 4.18 Å². The number of nitrogens with zero attached hydrogens (tertiary/aromatic N) is 1. The molecule has 6 nitrogen and oxygen atoms in total. The first-order valence-electron chi connectivity index (χ1n) is 9.18. The molecule has 3 aromatic carbocycles. The number of carbonyl (C=O) groups is 1. The summed E-state index contributed by atoms with van der Waals surface area (Å²) in [6.07, 6.45) is 1.29. The Morgan fingerprint density at radius 2 is 1.81 bits per heavy atom. The van der Waals surface area contributed by atoms with Gasteiger partial charge in [-0.3, -0.25) is 4.79 Å². The van der Waals surface area contributed by atoms with Crippen LogP contribution in [0.3, 0.4) is 0 Å². The second-order valence-corrected chi connectivity index (χ2v) is 10.3. The number of amides is 1.